The van der Waals surface area contributed by atoms with E-state index in [1.165, 1.54) is 11.3 Å². The van der Waals surface area contributed by atoms with Crippen LogP contribution in [0, 0.1) is 6.92 Å². The maximum Gasteiger partial charge on any atom is 0.259 e. The Bertz CT molecular complexity index is 578. The number of para-hydroxylation sites is 1. The van der Waals surface area contributed by atoms with Crippen molar-refractivity contribution in [3.63, 3.8) is 0 Å². The van der Waals surface area contributed by atoms with Crippen LogP contribution in [0.2, 0.25) is 0 Å². The predicted octanol–water partition coefficient (Wildman–Crippen LogP) is 3.52. The third kappa shape index (κ3) is 3.54. The second kappa shape index (κ2) is 5.84. The second-order valence-electron chi connectivity index (χ2n) is 4.57. The smallest absolute Gasteiger partial charge is 0.259 e. The molecule has 0 aliphatic carbocycles. The van der Waals surface area contributed by atoms with Gasteiger partial charge in [0.25, 0.3) is 5.91 Å². The molecule has 0 saturated heterocycles. The average molecular weight is 275 g/mol. The average Bonchev–Trinajstić information content (AvgIpc) is 2.74. The van der Waals surface area contributed by atoms with Crippen LogP contribution in [0.15, 0.2) is 30.5 Å². The van der Waals surface area contributed by atoms with E-state index in [1.54, 1.807) is 12.3 Å². The van der Waals surface area contributed by atoms with Gasteiger partial charge in [0, 0.05) is 22.8 Å². The summed E-state index contributed by atoms with van der Waals surface area (Å²) in [5.74, 6) is -0.141. The van der Waals surface area contributed by atoms with E-state index in [1.807, 2.05) is 39.0 Å². The molecule has 0 fully saturated rings. The third-order valence-corrected chi connectivity index (χ3v) is 3.29. The molecule has 0 unspecified atom stereocenters. The molecule has 2 aromatic rings. The van der Waals surface area contributed by atoms with Crippen molar-refractivity contribution in [2.75, 3.05) is 10.6 Å². The van der Waals surface area contributed by atoms with E-state index in [0.717, 1.165) is 10.6 Å². The van der Waals surface area contributed by atoms with Gasteiger partial charge in [-0.3, -0.25) is 10.1 Å². The molecule has 100 valence electrons. The molecule has 2 N–H and O–H groups in total. The Balaban J connectivity index is 2.18. The molecule has 1 aromatic carbocycles. The minimum absolute atomic E-state index is 0.141. The molecule has 0 saturated carbocycles. The highest BCUT2D eigenvalue weighted by atomic mass is 32.1. The highest BCUT2D eigenvalue weighted by Gasteiger charge is 2.12. The van der Waals surface area contributed by atoms with Crippen molar-refractivity contribution < 1.29 is 4.79 Å². The molecule has 0 radical (unpaired) electrons. The lowest BCUT2D eigenvalue weighted by Crippen LogP contribution is -2.17. The van der Waals surface area contributed by atoms with Gasteiger partial charge in [-0.25, -0.2) is 4.98 Å². The summed E-state index contributed by atoms with van der Waals surface area (Å²) in [6.07, 6.45) is 1.75. The number of hydrogen-bond donors (Lipinski definition) is 2. The van der Waals surface area contributed by atoms with E-state index >= 15 is 0 Å². The quantitative estimate of drug-likeness (QED) is 0.897. The third-order valence-electron chi connectivity index (χ3n) is 2.46. The first kappa shape index (κ1) is 13.5. The van der Waals surface area contributed by atoms with Crippen molar-refractivity contribution >= 4 is 28.1 Å². The highest BCUT2D eigenvalue weighted by molar-refractivity contribution is 7.15. The summed E-state index contributed by atoms with van der Waals surface area (Å²) in [5, 5.41) is 6.72. The maximum absolute atomic E-state index is 12.2. The first-order valence-electron chi connectivity index (χ1n) is 6.15. The van der Waals surface area contributed by atoms with Crippen molar-refractivity contribution in [1.29, 1.82) is 0 Å². The van der Waals surface area contributed by atoms with E-state index in [4.69, 9.17) is 0 Å². The zero-order chi connectivity index (χ0) is 13.8. The van der Waals surface area contributed by atoms with Crippen LogP contribution in [0.4, 0.5) is 10.8 Å². The van der Waals surface area contributed by atoms with Gasteiger partial charge in [0.2, 0.25) is 0 Å². The Morgan fingerprint density at radius 1 is 1.32 bits per heavy atom. The molecule has 0 atom stereocenters. The van der Waals surface area contributed by atoms with Crippen LogP contribution in [-0.2, 0) is 0 Å². The fraction of sp³-hybridized carbons (Fsp3) is 0.286. The zero-order valence-electron chi connectivity index (χ0n) is 11.2. The Morgan fingerprint density at radius 3 is 2.68 bits per heavy atom. The van der Waals surface area contributed by atoms with Crippen LogP contribution in [0.5, 0.6) is 0 Å². The predicted molar refractivity (Wildman–Crippen MR) is 80.0 cm³/mol. The number of nitrogens with one attached hydrogen (secondary N) is 2. The van der Waals surface area contributed by atoms with E-state index in [-0.39, 0.29) is 11.9 Å². The standard InChI is InChI=1S/C14H17N3OS/c1-9(2)16-12-7-5-4-6-11(12)13(18)17-14-15-8-10(3)19-14/h4-9,16H,1-3H3,(H,15,17,18). The minimum Gasteiger partial charge on any atom is -0.382 e. The van der Waals surface area contributed by atoms with Gasteiger partial charge in [-0.15, -0.1) is 11.3 Å². The molecule has 0 spiro atoms. The number of aryl methyl sites for hydroxylation is 1. The van der Waals surface area contributed by atoms with Gasteiger partial charge in [-0.05, 0) is 32.9 Å². The topological polar surface area (TPSA) is 54.0 Å². The molecule has 0 aliphatic rings. The van der Waals surface area contributed by atoms with E-state index in [0.29, 0.717) is 10.7 Å². The number of carbonyl (C=O) groups excluding carboxylic acids is 1. The number of carbonyl (C=O) groups is 1. The summed E-state index contributed by atoms with van der Waals surface area (Å²) >= 11 is 1.47. The van der Waals surface area contributed by atoms with Crippen LogP contribution < -0.4 is 10.6 Å². The lowest BCUT2D eigenvalue weighted by atomic mass is 10.1. The van der Waals surface area contributed by atoms with Crippen molar-refractivity contribution in [2.45, 2.75) is 26.8 Å². The molecule has 5 heteroatoms. The normalized spacial score (nSPS) is 10.5. The SMILES string of the molecule is Cc1cnc(NC(=O)c2ccccc2NC(C)C)s1. The molecule has 0 aliphatic heterocycles. The van der Waals surface area contributed by atoms with Gasteiger partial charge < -0.3 is 5.32 Å². The summed E-state index contributed by atoms with van der Waals surface area (Å²) < 4.78 is 0. The van der Waals surface area contributed by atoms with Crippen molar-refractivity contribution in [3.05, 3.63) is 40.9 Å². The number of amides is 1. The number of rotatable bonds is 4. The number of thiazole rings is 1. The number of hydrogen-bond acceptors (Lipinski definition) is 4. The van der Waals surface area contributed by atoms with Crippen LogP contribution >= 0.6 is 11.3 Å². The fourth-order valence-electron chi connectivity index (χ4n) is 1.69. The molecule has 1 amide bonds. The Hall–Kier alpha value is -1.88. The first-order valence-corrected chi connectivity index (χ1v) is 6.97. The second-order valence-corrected chi connectivity index (χ2v) is 5.81. The molecule has 2 rings (SSSR count). The van der Waals surface area contributed by atoms with Gasteiger partial charge >= 0.3 is 0 Å². The number of nitrogens with zero attached hydrogens (tertiary/aromatic N) is 1. The van der Waals surface area contributed by atoms with Gasteiger partial charge in [-0.2, -0.15) is 0 Å². The van der Waals surface area contributed by atoms with Crippen molar-refractivity contribution in [2.24, 2.45) is 0 Å². The van der Waals surface area contributed by atoms with Gasteiger partial charge in [0.15, 0.2) is 5.13 Å². The lowest BCUT2D eigenvalue weighted by Gasteiger charge is -2.13. The Labute approximate surface area is 116 Å². The fourth-order valence-corrected chi connectivity index (χ4v) is 2.35. The number of aromatic nitrogens is 1. The summed E-state index contributed by atoms with van der Waals surface area (Å²) in [4.78, 5) is 17.5. The molecule has 1 heterocycles. The molecular weight excluding hydrogens is 258 g/mol. The van der Waals surface area contributed by atoms with Crippen LogP contribution in [0.25, 0.3) is 0 Å². The molecule has 19 heavy (non-hydrogen) atoms. The van der Waals surface area contributed by atoms with Crippen LogP contribution in [0.1, 0.15) is 29.1 Å². The van der Waals surface area contributed by atoms with Gasteiger partial charge in [0.05, 0.1) is 5.56 Å². The van der Waals surface area contributed by atoms with E-state index in [2.05, 4.69) is 15.6 Å². The zero-order valence-corrected chi connectivity index (χ0v) is 12.0. The Kier molecular flexibility index (Phi) is 4.16. The summed E-state index contributed by atoms with van der Waals surface area (Å²) in [5.41, 5.74) is 1.47. The monoisotopic (exact) mass is 275 g/mol. The molecule has 1 aromatic heterocycles. The van der Waals surface area contributed by atoms with Gasteiger partial charge in [0.1, 0.15) is 0 Å². The van der Waals surface area contributed by atoms with Crippen LogP contribution in [-0.4, -0.2) is 16.9 Å². The van der Waals surface area contributed by atoms with E-state index < -0.39 is 0 Å². The summed E-state index contributed by atoms with van der Waals surface area (Å²) in [6, 6.07) is 7.75. The van der Waals surface area contributed by atoms with Gasteiger partial charge in [-0.1, -0.05) is 12.1 Å². The molecule has 4 nitrogen and oxygen atoms in total. The number of benzene rings is 1. The molecular formula is C14H17N3OS. The first-order chi connectivity index (χ1) is 9.06. The summed E-state index contributed by atoms with van der Waals surface area (Å²) in [7, 11) is 0. The van der Waals surface area contributed by atoms with Crippen LogP contribution in [0.3, 0.4) is 0 Å². The highest BCUT2D eigenvalue weighted by Crippen LogP contribution is 2.21. The Morgan fingerprint density at radius 2 is 2.05 bits per heavy atom. The van der Waals surface area contributed by atoms with Crippen molar-refractivity contribution in [3.8, 4) is 0 Å². The maximum atomic E-state index is 12.2. The number of anilines is 2. The lowest BCUT2D eigenvalue weighted by molar-refractivity contribution is 0.102. The molecule has 0 bridgehead atoms. The minimum atomic E-state index is -0.141. The van der Waals surface area contributed by atoms with Crippen molar-refractivity contribution in [1.82, 2.24) is 4.98 Å². The largest absolute Gasteiger partial charge is 0.382 e. The summed E-state index contributed by atoms with van der Waals surface area (Å²) in [6.45, 7) is 6.04. The van der Waals surface area contributed by atoms with E-state index in [9.17, 15) is 4.79 Å².